The van der Waals surface area contributed by atoms with Crippen molar-refractivity contribution in [3.63, 3.8) is 0 Å². The van der Waals surface area contributed by atoms with Gasteiger partial charge in [-0.2, -0.15) is 10.4 Å². The summed E-state index contributed by atoms with van der Waals surface area (Å²) in [6.45, 7) is 1.15. The standard InChI is InChI=1S/C24H24FN5O3/c1-32-21-7-3-2-6-18(21)24(31)28-13-16-9-8-15(11-20(16)25)22-19(12-26)23(27)30(29-22)17-5-4-10-33-14-17/h2-3,6-9,11,17H,4-5,10,13-14,27H2,1H3,(H,28,31). The van der Waals surface area contributed by atoms with E-state index in [0.717, 1.165) is 12.8 Å². The number of ether oxygens (including phenoxy) is 2. The van der Waals surface area contributed by atoms with E-state index in [0.29, 0.717) is 41.3 Å². The van der Waals surface area contributed by atoms with Crippen LogP contribution < -0.4 is 15.8 Å². The first-order valence-electron chi connectivity index (χ1n) is 10.6. The van der Waals surface area contributed by atoms with Crippen molar-refractivity contribution >= 4 is 11.7 Å². The zero-order valence-electron chi connectivity index (χ0n) is 18.2. The van der Waals surface area contributed by atoms with E-state index >= 15 is 0 Å². The SMILES string of the molecule is COc1ccccc1C(=O)NCc1ccc(-c2nn(C3CCCOC3)c(N)c2C#N)cc1F. The first kappa shape index (κ1) is 22.3. The Labute approximate surface area is 190 Å². The van der Waals surface area contributed by atoms with Crippen molar-refractivity contribution < 1.29 is 18.7 Å². The topological polar surface area (TPSA) is 115 Å². The van der Waals surface area contributed by atoms with Gasteiger partial charge in [0, 0.05) is 24.3 Å². The van der Waals surface area contributed by atoms with E-state index < -0.39 is 5.82 Å². The summed E-state index contributed by atoms with van der Waals surface area (Å²) in [5.74, 6) is -0.210. The molecule has 9 heteroatoms. The van der Waals surface area contributed by atoms with E-state index in [9.17, 15) is 14.4 Å². The lowest BCUT2D eigenvalue weighted by Crippen LogP contribution is -2.23. The molecule has 0 bridgehead atoms. The molecule has 8 nitrogen and oxygen atoms in total. The summed E-state index contributed by atoms with van der Waals surface area (Å²) in [5, 5.41) is 16.8. The summed E-state index contributed by atoms with van der Waals surface area (Å²) in [7, 11) is 1.48. The van der Waals surface area contributed by atoms with Crippen LogP contribution in [0.2, 0.25) is 0 Å². The molecule has 1 amide bonds. The van der Waals surface area contributed by atoms with Crippen LogP contribution >= 0.6 is 0 Å². The molecule has 1 unspecified atom stereocenters. The zero-order chi connectivity index (χ0) is 23.4. The molecule has 2 heterocycles. The van der Waals surface area contributed by atoms with Gasteiger partial charge in [0.2, 0.25) is 0 Å². The van der Waals surface area contributed by atoms with E-state index in [1.54, 1.807) is 41.1 Å². The van der Waals surface area contributed by atoms with E-state index in [1.165, 1.54) is 13.2 Å². The fourth-order valence-electron chi connectivity index (χ4n) is 3.90. The van der Waals surface area contributed by atoms with E-state index in [-0.39, 0.29) is 29.9 Å². The number of nitrogens with two attached hydrogens (primary N) is 1. The number of carbonyl (C=O) groups is 1. The lowest BCUT2D eigenvalue weighted by Gasteiger charge is -2.23. The van der Waals surface area contributed by atoms with Gasteiger partial charge in [0.05, 0.1) is 25.3 Å². The Bertz CT molecular complexity index is 1210. The molecule has 1 saturated heterocycles. The van der Waals surface area contributed by atoms with Crippen LogP contribution in [-0.4, -0.2) is 36.0 Å². The highest BCUT2D eigenvalue weighted by atomic mass is 19.1. The largest absolute Gasteiger partial charge is 0.496 e. The van der Waals surface area contributed by atoms with Crippen molar-refractivity contribution in [3.8, 4) is 23.1 Å². The molecule has 0 aliphatic carbocycles. The predicted molar refractivity (Wildman–Crippen MR) is 120 cm³/mol. The number of anilines is 1. The fraction of sp³-hybridized carbons (Fsp3) is 0.292. The Morgan fingerprint density at radius 2 is 2.21 bits per heavy atom. The van der Waals surface area contributed by atoms with Gasteiger partial charge in [-0.05, 0) is 31.0 Å². The number of hydrogen-bond donors (Lipinski definition) is 2. The van der Waals surface area contributed by atoms with Gasteiger partial charge in [-0.3, -0.25) is 4.79 Å². The number of aromatic nitrogens is 2. The molecule has 1 aliphatic rings. The van der Waals surface area contributed by atoms with Crippen LogP contribution in [0.15, 0.2) is 42.5 Å². The molecule has 4 rings (SSSR count). The summed E-state index contributed by atoms with van der Waals surface area (Å²) < 4.78 is 27.2. The Hall–Kier alpha value is -3.90. The van der Waals surface area contributed by atoms with E-state index in [2.05, 4.69) is 16.5 Å². The lowest BCUT2D eigenvalue weighted by atomic mass is 10.0. The number of nitriles is 1. The number of para-hydroxylation sites is 1. The van der Waals surface area contributed by atoms with Crippen LogP contribution in [0.3, 0.4) is 0 Å². The number of amides is 1. The number of carbonyl (C=O) groups excluding carboxylic acids is 1. The van der Waals surface area contributed by atoms with Crippen LogP contribution in [0, 0.1) is 17.1 Å². The highest BCUT2D eigenvalue weighted by Crippen LogP contribution is 2.32. The van der Waals surface area contributed by atoms with Gasteiger partial charge in [-0.15, -0.1) is 0 Å². The Balaban J connectivity index is 1.54. The molecule has 0 saturated carbocycles. The molecule has 2 aromatic carbocycles. The maximum absolute atomic E-state index is 14.9. The molecule has 0 spiro atoms. The maximum atomic E-state index is 14.9. The number of benzene rings is 2. The van der Waals surface area contributed by atoms with Gasteiger partial charge in [-0.25, -0.2) is 9.07 Å². The molecule has 3 N–H and O–H groups in total. The van der Waals surface area contributed by atoms with E-state index in [4.69, 9.17) is 15.2 Å². The molecule has 3 aromatic rings. The number of rotatable bonds is 6. The van der Waals surface area contributed by atoms with Crippen LogP contribution in [0.5, 0.6) is 5.75 Å². The highest BCUT2D eigenvalue weighted by molar-refractivity contribution is 5.96. The molecule has 1 aliphatic heterocycles. The second-order valence-corrected chi connectivity index (χ2v) is 7.73. The van der Waals surface area contributed by atoms with Crippen molar-refractivity contribution in [3.05, 3.63) is 65.0 Å². The Kier molecular flexibility index (Phi) is 6.56. The predicted octanol–water partition coefficient (Wildman–Crippen LogP) is 3.43. The van der Waals surface area contributed by atoms with Gasteiger partial charge in [0.15, 0.2) is 0 Å². The molecular weight excluding hydrogens is 425 g/mol. The summed E-state index contributed by atoms with van der Waals surface area (Å²) in [4.78, 5) is 12.5. The van der Waals surface area contributed by atoms with Gasteiger partial charge >= 0.3 is 0 Å². The molecule has 1 fully saturated rings. The second-order valence-electron chi connectivity index (χ2n) is 7.73. The molecule has 33 heavy (non-hydrogen) atoms. The lowest BCUT2D eigenvalue weighted by molar-refractivity contribution is 0.0558. The summed E-state index contributed by atoms with van der Waals surface area (Å²) in [5.41, 5.74) is 7.81. The number of halogens is 1. The normalized spacial score (nSPS) is 15.6. The van der Waals surface area contributed by atoms with Crippen LogP contribution in [0.1, 0.15) is 40.4 Å². The summed E-state index contributed by atoms with van der Waals surface area (Å²) in [6, 6.07) is 13.4. The highest BCUT2D eigenvalue weighted by Gasteiger charge is 2.24. The number of nitrogens with one attached hydrogen (secondary N) is 1. The second kappa shape index (κ2) is 9.71. The molecule has 0 radical (unpaired) electrons. The molecule has 170 valence electrons. The minimum absolute atomic E-state index is 0.00983. The maximum Gasteiger partial charge on any atom is 0.255 e. The first-order valence-corrected chi connectivity index (χ1v) is 10.6. The molecular formula is C24H24FN5O3. The average molecular weight is 449 g/mol. The van der Waals surface area contributed by atoms with Gasteiger partial charge in [0.1, 0.15) is 34.7 Å². The Morgan fingerprint density at radius 1 is 1.39 bits per heavy atom. The summed E-state index contributed by atoms with van der Waals surface area (Å²) in [6.07, 6.45) is 1.72. The zero-order valence-corrected chi connectivity index (χ0v) is 18.2. The number of hydrogen-bond acceptors (Lipinski definition) is 6. The van der Waals surface area contributed by atoms with Crippen LogP contribution in [0.4, 0.5) is 10.2 Å². The number of nitrogen functional groups attached to an aromatic ring is 1. The minimum Gasteiger partial charge on any atom is -0.496 e. The third-order valence-electron chi connectivity index (χ3n) is 5.66. The van der Waals surface area contributed by atoms with Crippen molar-refractivity contribution in [2.45, 2.75) is 25.4 Å². The molecule has 1 atom stereocenters. The average Bonchev–Trinajstić information content (AvgIpc) is 3.19. The van der Waals surface area contributed by atoms with Crippen LogP contribution in [-0.2, 0) is 11.3 Å². The first-order chi connectivity index (χ1) is 16.0. The van der Waals surface area contributed by atoms with Crippen molar-refractivity contribution in [2.24, 2.45) is 0 Å². The smallest absolute Gasteiger partial charge is 0.255 e. The Morgan fingerprint density at radius 3 is 2.91 bits per heavy atom. The van der Waals surface area contributed by atoms with Gasteiger partial charge in [0.25, 0.3) is 5.91 Å². The van der Waals surface area contributed by atoms with Gasteiger partial charge < -0.3 is 20.5 Å². The van der Waals surface area contributed by atoms with Gasteiger partial charge in [-0.1, -0.05) is 24.3 Å². The monoisotopic (exact) mass is 449 g/mol. The number of methoxy groups -OCH3 is 1. The molecule has 1 aromatic heterocycles. The quantitative estimate of drug-likeness (QED) is 0.596. The third kappa shape index (κ3) is 4.52. The summed E-state index contributed by atoms with van der Waals surface area (Å²) >= 11 is 0. The van der Waals surface area contributed by atoms with Crippen molar-refractivity contribution in [1.82, 2.24) is 15.1 Å². The van der Waals surface area contributed by atoms with Crippen molar-refractivity contribution in [1.29, 1.82) is 5.26 Å². The van der Waals surface area contributed by atoms with E-state index in [1.807, 2.05) is 0 Å². The number of nitrogens with zero attached hydrogens (tertiary/aromatic N) is 3. The van der Waals surface area contributed by atoms with Crippen molar-refractivity contribution in [2.75, 3.05) is 26.1 Å². The van der Waals surface area contributed by atoms with Crippen LogP contribution in [0.25, 0.3) is 11.3 Å². The minimum atomic E-state index is -0.522. The fourth-order valence-corrected chi connectivity index (χ4v) is 3.90. The third-order valence-corrected chi connectivity index (χ3v) is 5.66.